The molecule has 14 heavy (non-hydrogen) atoms. The van der Waals surface area contributed by atoms with Gasteiger partial charge in [-0.1, -0.05) is 18.7 Å². The Balaban J connectivity index is 2.39. The van der Waals surface area contributed by atoms with E-state index >= 15 is 0 Å². The van der Waals surface area contributed by atoms with Gasteiger partial charge < -0.3 is 0 Å². The highest BCUT2D eigenvalue weighted by Gasteiger charge is 1.96. The second kappa shape index (κ2) is 3.83. The summed E-state index contributed by atoms with van der Waals surface area (Å²) in [6.07, 6.45) is 7.11. The molecule has 0 spiro atoms. The van der Waals surface area contributed by atoms with Crippen LogP contribution < -0.4 is 0 Å². The minimum absolute atomic E-state index is 0.956. The van der Waals surface area contributed by atoms with Gasteiger partial charge in [0, 0.05) is 24.2 Å². The Morgan fingerprint density at radius 1 is 1.07 bits per heavy atom. The molecule has 0 aliphatic carbocycles. The van der Waals surface area contributed by atoms with Crippen LogP contribution in [0.3, 0.4) is 0 Å². The van der Waals surface area contributed by atoms with Gasteiger partial charge in [-0.3, -0.25) is 9.97 Å². The van der Waals surface area contributed by atoms with Crippen molar-refractivity contribution in [2.45, 2.75) is 0 Å². The molecule has 0 fully saturated rings. The molecule has 0 amide bonds. The van der Waals surface area contributed by atoms with Crippen molar-refractivity contribution >= 4 is 6.08 Å². The fourth-order valence-corrected chi connectivity index (χ4v) is 1.22. The van der Waals surface area contributed by atoms with Gasteiger partial charge >= 0.3 is 0 Å². The lowest BCUT2D eigenvalue weighted by Crippen LogP contribution is -1.83. The summed E-state index contributed by atoms with van der Waals surface area (Å²) in [5.41, 5.74) is 3.07. The number of aromatic nitrogens is 2. The fourth-order valence-electron chi connectivity index (χ4n) is 1.22. The smallest absolute Gasteiger partial charge is 0.0703 e. The SMILES string of the molecule is C=Cc1ccc(-c2ccncc2)nc1. The summed E-state index contributed by atoms with van der Waals surface area (Å²) >= 11 is 0. The van der Waals surface area contributed by atoms with Gasteiger partial charge in [-0.05, 0) is 23.8 Å². The highest BCUT2D eigenvalue weighted by Crippen LogP contribution is 2.15. The Morgan fingerprint density at radius 3 is 2.43 bits per heavy atom. The molecule has 2 nitrogen and oxygen atoms in total. The lowest BCUT2D eigenvalue weighted by atomic mass is 10.1. The molecule has 2 heterocycles. The summed E-state index contributed by atoms with van der Waals surface area (Å²) in [5.74, 6) is 0. The van der Waals surface area contributed by atoms with Crippen LogP contribution in [0, 0.1) is 0 Å². The number of hydrogen-bond donors (Lipinski definition) is 0. The van der Waals surface area contributed by atoms with E-state index < -0.39 is 0 Å². The maximum atomic E-state index is 4.32. The first-order valence-corrected chi connectivity index (χ1v) is 4.39. The highest BCUT2D eigenvalue weighted by molar-refractivity contribution is 5.59. The number of hydrogen-bond acceptors (Lipinski definition) is 2. The Bertz CT molecular complexity index is 418. The zero-order chi connectivity index (χ0) is 9.80. The summed E-state index contributed by atoms with van der Waals surface area (Å²) in [5, 5.41) is 0. The van der Waals surface area contributed by atoms with E-state index in [2.05, 4.69) is 16.5 Å². The third-order valence-corrected chi connectivity index (χ3v) is 2.00. The average molecular weight is 182 g/mol. The second-order valence-corrected chi connectivity index (χ2v) is 2.92. The molecule has 2 heteroatoms. The van der Waals surface area contributed by atoms with Crippen LogP contribution >= 0.6 is 0 Å². The van der Waals surface area contributed by atoms with Crippen LogP contribution in [-0.4, -0.2) is 9.97 Å². The van der Waals surface area contributed by atoms with Gasteiger partial charge in [0.2, 0.25) is 0 Å². The van der Waals surface area contributed by atoms with Crippen molar-refractivity contribution in [2.75, 3.05) is 0 Å². The Hall–Kier alpha value is -1.96. The predicted octanol–water partition coefficient (Wildman–Crippen LogP) is 2.79. The molecular weight excluding hydrogens is 172 g/mol. The lowest BCUT2D eigenvalue weighted by Gasteiger charge is -1.99. The number of rotatable bonds is 2. The molecule has 0 atom stereocenters. The number of nitrogens with zero attached hydrogens (tertiary/aromatic N) is 2. The van der Waals surface area contributed by atoms with Crippen LogP contribution in [0.5, 0.6) is 0 Å². The van der Waals surface area contributed by atoms with Gasteiger partial charge in [-0.2, -0.15) is 0 Å². The largest absolute Gasteiger partial charge is 0.265 e. The molecule has 2 aromatic rings. The normalized spacial score (nSPS) is 9.71. The Morgan fingerprint density at radius 2 is 1.86 bits per heavy atom. The monoisotopic (exact) mass is 182 g/mol. The first-order chi connectivity index (χ1) is 6.90. The fraction of sp³-hybridized carbons (Fsp3) is 0. The number of pyridine rings is 2. The molecule has 0 N–H and O–H groups in total. The van der Waals surface area contributed by atoms with Crippen molar-refractivity contribution in [3.8, 4) is 11.3 Å². The molecule has 2 aromatic heterocycles. The van der Waals surface area contributed by atoms with Crippen molar-refractivity contribution in [1.82, 2.24) is 9.97 Å². The van der Waals surface area contributed by atoms with Crippen LogP contribution in [0.1, 0.15) is 5.56 Å². The summed E-state index contributed by atoms with van der Waals surface area (Å²) in [4.78, 5) is 8.28. The molecule has 2 rings (SSSR count). The minimum atomic E-state index is 0.956. The maximum absolute atomic E-state index is 4.32. The van der Waals surface area contributed by atoms with E-state index in [1.807, 2.05) is 30.5 Å². The first kappa shape index (κ1) is 8.63. The third-order valence-electron chi connectivity index (χ3n) is 2.00. The van der Waals surface area contributed by atoms with Gasteiger partial charge in [0.15, 0.2) is 0 Å². The first-order valence-electron chi connectivity index (χ1n) is 4.39. The van der Waals surface area contributed by atoms with Gasteiger partial charge in [0.05, 0.1) is 5.69 Å². The van der Waals surface area contributed by atoms with Crippen molar-refractivity contribution in [1.29, 1.82) is 0 Å². The summed E-state index contributed by atoms with van der Waals surface area (Å²) in [7, 11) is 0. The summed E-state index contributed by atoms with van der Waals surface area (Å²) in [6.45, 7) is 3.68. The van der Waals surface area contributed by atoms with E-state index in [0.717, 1.165) is 16.8 Å². The molecule has 0 saturated heterocycles. The minimum Gasteiger partial charge on any atom is -0.265 e. The van der Waals surface area contributed by atoms with Gasteiger partial charge in [0.1, 0.15) is 0 Å². The second-order valence-electron chi connectivity index (χ2n) is 2.92. The van der Waals surface area contributed by atoms with E-state index in [9.17, 15) is 0 Å². The van der Waals surface area contributed by atoms with Crippen molar-refractivity contribution in [3.05, 3.63) is 55.0 Å². The van der Waals surface area contributed by atoms with Crippen molar-refractivity contribution < 1.29 is 0 Å². The Labute approximate surface area is 83.0 Å². The Kier molecular flexibility index (Phi) is 2.36. The molecule has 0 aliphatic rings. The van der Waals surface area contributed by atoms with E-state index in [0.29, 0.717) is 0 Å². The van der Waals surface area contributed by atoms with Gasteiger partial charge in [-0.25, -0.2) is 0 Å². The van der Waals surface area contributed by atoms with Crippen LogP contribution in [0.2, 0.25) is 0 Å². The van der Waals surface area contributed by atoms with Crippen LogP contribution in [0.25, 0.3) is 17.3 Å². The van der Waals surface area contributed by atoms with Crippen molar-refractivity contribution in [2.24, 2.45) is 0 Å². The predicted molar refractivity (Wildman–Crippen MR) is 57.6 cm³/mol. The zero-order valence-corrected chi connectivity index (χ0v) is 7.72. The van der Waals surface area contributed by atoms with E-state index in [1.54, 1.807) is 18.5 Å². The van der Waals surface area contributed by atoms with Crippen LogP contribution in [-0.2, 0) is 0 Å². The molecule has 0 saturated carbocycles. The van der Waals surface area contributed by atoms with Gasteiger partial charge in [0.25, 0.3) is 0 Å². The molecular formula is C12H10N2. The molecule has 68 valence electrons. The molecule has 0 bridgehead atoms. The standard InChI is InChI=1S/C12H10N2/c1-2-10-3-4-12(14-9-10)11-5-7-13-8-6-11/h2-9H,1H2. The van der Waals surface area contributed by atoms with Crippen LogP contribution in [0.4, 0.5) is 0 Å². The lowest BCUT2D eigenvalue weighted by molar-refractivity contribution is 1.28. The summed E-state index contributed by atoms with van der Waals surface area (Å²) in [6, 6.07) is 7.86. The molecule has 0 unspecified atom stereocenters. The summed E-state index contributed by atoms with van der Waals surface area (Å²) < 4.78 is 0. The maximum Gasteiger partial charge on any atom is 0.0703 e. The topological polar surface area (TPSA) is 25.8 Å². The third kappa shape index (κ3) is 1.69. The van der Waals surface area contributed by atoms with Crippen molar-refractivity contribution in [3.63, 3.8) is 0 Å². The zero-order valence-electron chi connectivity index (χ0n) is 7.72. The van der Waals surface area contributed by atoms with Crippen LogP contribution in [0.15, 0.2) is 49.4 Å². The van der Waals surface area contributed by atoms with E-state index in [4.69, 9.17) is 0 Å². The highest BCUT2D eigenvalue weighted by atomic mass is 14.7. The quantitative estimate of drug-likeness (QED) is 0.713. The molecule has 0 aromatic carbocycles. The van der Waals surface area contributed by atoms with E-state index in [-0.39, 0.29) is 0 Å². The molecule has 0 aliphatic heterocycles. The average Bonchev–Trinajstić information content (AvgIpc) is 2.30. The van der Waals surface area contributed by atoms with Gasteiger partial charge in [-0.15, -0.1) is 0 Å². The van der Waals surface area contributed by atoms with E-state index in [1.165, 1.54) is 0 Å². The molecule has 0 radical (unpaired) electrons.